The van der Waals surface area contributed by atoms with Crippen LogP contribution >= 0.6 is 0 Å². The molecular formula is C12H24N2O3. The summed E-state index contributed by atoms with van der Waals surface area (Å²) in [6.45, 7) is 9.71. The van der Waals surface area contributed by atoms with Crippen molar-refractivity contribution in [2.75, 3.05) is 26.3 Å². The van der Waals surface area contributed by atoms with E-state index in [-0.39, 0.29) is 18.0 Å². The van der Waals surface area contributed by atoms with Crippen LogP contribution < -0.4 is 5.32 Å². The fourth-order valence-corrected chi connectivity index (χ4v) is 1.71. The molecule has 0 saturated carbocycles. The summed E-state index contributed by atoms with van der Waals surface area (Å²) >= 11 is 0. The SMILES string of the molecule is CC(NC(C)C(C)(C)O)C(=O)N1CCOCC1. The maximum Gasteiger partial charge on any atom is 0.239 e. The minimum absolute atomic E-state index is 0.0735. The largest absolute Gasteiger partial charge is 0.389 e. The topological polar surface area (TPSA) is 61.8 Å². The molecule has 1 saturated heterocycles. The molecule has 1 aliphatic heterocycles. The highest BCUT2D eigenvalue weighted by molar-refractivity contribution is 5.81. The van der Waals surface area contributed by atoms with Crippen molar-refractivity contribution in [3.63, 3.8) is 0 Å². The van der Waals surface area contributed by atoms with Gasteiger partial charge in [0.2, 0.25) is 5.91 Å². The van der Waals surface area contributed by atoms with Crippen LogP contribution in [0.2, 0.25) is 0 Å². The molecule has 1 aliphatic rings. The normalized spacial score (nSPS) is 21.1. The van der Waals surface area contributed by atoms with Crippen molar-refractivity contribution in [2.45, 2.75) is 45.4 Å². The predicted octanol–water partition coefficient (Wildman–Crippen LogP) is -0.0173. The maximum absolute atomic E-state index is 12.1. The molecule has 0 radical (unpaired) electrons. The minimum Gasteiger partial charge on any atom is -0.389 e. The van der Waals surface area contributed by atoms with Crippen molar-refractivity contribution in [2.24, 2.45) is 0 Å². The second-order valence-electron chi connectivity index (χ2n) is 5.20. The number of amides is 1. The van der Waals surface area contributed by atoms with E-state index in [0.29, 0.717) is 26.3 Å². The first kappa shape index (κ1) is 14.4. The van der Waals surface area contributed by atoms with Gasteiger partial charge in [-0.05, 0) is 27.7 Å². The number of aliphatic hydroxyl groups is 1. The highest BCUT2D eigenvalue weighted by atomic mass is 16.5. The quantitative estimate of drug-likeness (QED) is 0.730. The summed E-state index contributed by atoms with van der Waals surface area (Å²) in [5, 5.41) is 13.0. The Kier molecular flexibility index (Phi) is 4.91. The lowest BCUT2D eigenvalue weighted by Gasteiger charge is -2.33. The van der Waals surface area contributed by atoms with Crippen molar-refractivity contribution in [3.05, 3.63) is 0 Å². The molecule has 0 aromatic rings. The van der Waals surface area contributed by atoms with Gasteiger partial charge in [0.05, 0.1) is 24.9 Å². The van der Waals surface area contributed by atoms with Crippen LogP contribution in [0, 0.1) is 0 Å². The molecule has 100 valence electrons. The van der Waals surface area contributed by atoms with Crippen LogP contribution in [0.3, 0.4) is 0 Å². The van der Waals surface area contributed by atoms with Gasteiger partial charge < -0.3 is 20.1 Å². The lowest BCUT2D eigenvalue weighted by molar-refractivity contribution is -0.137. The predicted molar refractivity (Wildman–Crippen MR) is 65.8 cm³/mol. The smallest absolute Gasteiger partial charge is 0.239 e. The third-order valence-corrected chi connectivity index (χ3v) is 3.25. The summed E-state index contributed by atoms with van der Waals surface area (Å²) in [5.74, 6) is 0.0735. The first-order valence-corrected chi connectivity index (χ1v) is 6.17. The molecule has 1 heterocycles. The van der Waals surface area contributed by atoms with E-state index in [9.17, 15) is 9.90 Å². The van der Waals surface area contributed by atoms with Crippen LogP contribution in [-0.4, -0.2) is 59.9 Å². The number of ether oxygens (including phenoxy) is 1. The molecular weight excluding hydrogens is 220 g/mol. The molecule has 0 aromatic heterocycles. The van der Waals surface area contributed by atoms with Gasteiger partial charge in [-0.3, -0.25) is 4.79 Å². The number of morpholine rings is 1. The van der Waals surface area contributed by atoms with E-state index in [2.05, 4.69) is 5.32 Å². The molecule has 0 aliphatic carbocycles. The van der Waals surface area contributed by atoms with E-state index >= 15 is 0 Å². The third kappa shape index (κ3) is 4.26. The van der Waals surface area contributed by atoms with Gasteiger partial charge in [-0.1, -0.05) is 0 Å². The van der Waals surface area contributed by atoms with Gasteiger partial charge in [-0.25, -0.2) is 0 Å². The molecule has 5 nitrogen and oxygen atoms in total. The number of hydrogen-bond acceptors (Lipinski definition) is 4. The fourth-order valence-electron chi connectivity index (χ4n) is 1.71. The van der Waals surface area contributed by atoms with Crippen LogP contribution in [-0.2, 0) is 9.53 Å². The van der Waals surface area contributed by atoms with Crippen LogP contribution in [0.4, 0.5) is 0 Å². The van der Waals surface area contributed by atoms with E-state index in [1.54, 1.807) is 18.7 Å². The molecule has 0 bridgehead atoms. The number of carbonyl (C=O) groups excluding carboxylic acids is 1. The number of carbonyl (C=O) groups is 1. The van der Waals surface area contributed by atoms with Crippen LogP contribution in [0.15, 0.2) is 0 Å². The molecule has 2 unspecified atom stereocenters. The van der Waals surface area contributed by atoms with E-state index in [1.807, 2.05) is 13.8 Å². The van der Waals surface area contributed by atoms with Gasteiger partial charge in [0.15, 0.2) is 0 Å². The molecule has 2 atom stereocenters. The monoisotopic (exact) mass is 244 g/mol. The molecule has 2 N–H and O–H groups in total. The standard InChI is InChI=1S/C12H24N2O3/c1-9(13-10(2)12(3,4)16)11(15)14-5-7-17-8-6-14/h9-10,13,16H,5-8H2,1-4H3. The average molecular weight is 244 g/mol. The van der Waals surface area contributed by atoms with Gasteiger partial charge in [-0.2, -0.15) is 0 Å². The zero-order valence-corrected chi connectivity index (χ0v) is 11.2. The lowest BCUT2D eigenvalue weighted by Crippen LogP contribution is -2.55. The van der Waals surface area contributed by atoms with Crippen LogP contribution in [0.1, 0.15) is 27.7 Å². The first-order chi connectivity index (χ1) is 7.82. The van der Waals surface area contributed by atoms with Crippen molar-refractivity contribution in [3.8, 4) is 0 Å². The highest BCUT2D eigenvalue weighted by Gasteiger charge is 2.28. The maximum atomic E-state index is 12.1. The lowest BCUT2D eigenvalue weighted by atomic mass is 10.00. The van der Waals surface area contributed by atoms with Gasteiger partial charge in [0.25, 0.3) is 0 Å². The van der Waals surface area contributed by atoms with Crippen molar-refractivity contribution in [1.29, 1.82) is 0 Å². The van der Waals surface area contributed by atoms with E-state index in [4.69, 9.17) is 4.74 Å². The Hall–Kier alpha value is -0.650. The van der Waals surface area contributed by atoms with Gasteiger partial charge in [0.1, 0.15) is 0 Å². The van der Waals surface area contributed by atoms with E-state index < -0.39 is 5.60 Å². The van der Waals surface area contributed by atoms with Crippen molar-refractivity contribution >= 4 is 5.91 Å². The fraction of sp³-hybridized carbons (Fsp3) is 0.917. The number of hydrogen-bond donors (Lipinski definition) is 2. The van der Waals surface area contributed by atoms with Gasteiger partial charge in [0, 0.05) is 19.1 Å². The van der Waals surface area contributed by atoms with Gasteiger partial charge >= 0.3 is 0 Å². The van der Waals surface area contributed by atoms with Crippen molar-refractivity contribution in [1.82, 2.24) is 10.2 Å². The molecule has 17 heavy (non-hydrogen) atoms. The minimum atomic E-state index is -0.834. The summed E-state index contributed by atoms with van der Waals surface area (Å²) in [5.41, 5.74) is -0.834. The Bertz CT molecular complexity index is 257. The molecule has 1 fully saturated rings. The number of rotatable bonds is 4. The summed E-state index contributed by atoms with van der Waals surface area (Å²) in [7, 11) is 0. The van der Waals surface area contributed by atoms with Crippen LogP contribution in [0.25, 0.3) is 0 Å². The second kappa shape index (κ2) is 5.80. The van der Waals surface area contributed by atoms with E-state index in [0.717, 1.165) is 0 Å². The van der Waals surface area contributed by atoms with E-state index in [1.165, 1.54) is 0 Å². The molecule has 5 heteroatoms. The zero-order valence-electron chi connectivity index (χ0n) is 11.2. The number of nitrogens with one attached hydrogen (secondary N) is 1. The average Bonchev–Trinajstić information content (AvgIpc) is 2.27. The Morgan fingerprint density at radius 3 is 2.35 bits per heavy atom. The summed E-state index contributed by atoms with van der Waals surface area (Å²) in [4.78, 5) is 13.9. The Labute approximate surface area is 103 Å². The first-order valence-electron chi connectivity index (χ1n) is 6.17. The Morgan fingerprint density at radius 2 is 1.88 bits per heavy atom. The number of nitrogens with zero attached hydrogens (tertiary/aromatic N) is 1. The summed E-state index contributed by atoms with van der Waals surface area (Å²) in [6, 6.07) is -0.419. The molecule has 0 aromatic carbocycles. The zero-order chi connectivity index (χ0) is 13.1. The Balaban J connectivity index is 2.46. The van der Waals surface area contributed by atoms with Gasteiger partial charge in [-0.15, -0.1) is 0 Å². The van der Waals surface area contributed by atoms with Crippen LogP contribution in [0.5, 0.6) is 0 Å². The highest BCUT2D eigenvalue weighted by Crippen LogP contribution is 2.09. The third-order valence-electron chi connectivity index (χ3n) is 3.25. The Morgan fingerprint density at radius 1 is 1.35 bits per heavy atom. The molecule has 1 rings (SSSR count). The second-order valence-corrected chi connectivity index (χ2v) is 5.20. The molecule has 0 spiro atoms. The molecule has 1 amide bonds. The van der Waals surface area contributed by atoms with Crippen molar-refractivity contribution < 1.29 is 14.6 Å². The summed E-state index contributed by atoms with van der Waals surface area (Å²) < 4.78 is 5.21. The summed E-state index contributed by atoms with van der Waals surface area (Å²) in [6.07, 6.45) is 0.